The highest BCUT2D eigenvalue weighted by Crippen LogP contribution is 2.19. The van der Waals surface area contributed by atoms with Crippen molar-refractivity contribution in [2.24, 2.45) is 0 Å². The van der Waals surface area contributed by atoms with Crippen LogP contribution in [0.25, 0.3) is 0 Å². The van der Waals surface area contributed by atoms with Crippen molar-refractivity contribution in [3.63, 3.8) is 0 Å². The molecular weight excluding hydrogens is 192 g/mol. The molecule has 1 aliphatic carbocycles. The van der Waals surface area contributed by atoms with E-state index in [2.05, 4.69) is 37.8 Å². The Balaban J connectivity index is 0.000000187. The van der Waals surface area contributed by atoms with Crippen molar-refractivity contribution in [3.8, 4) is 0 Å². The van der Waals surface area contributed by atoms with Gasteiger partial charge in [-0.15, -0.1) is 6.58 Å². The summed E-state index contributed by atoms with van der Waals surface area (Å²) in [4.78, 5) is 0. The van der Waals surface area contributed by atoms with Crippen molar-refractivity contribution in [2.45, 2.75) is 51.9 Å². The van der Waals surface area contributed by atoms with Crippen LogP contribution in [0.2, 0.25) is 0 Å². The summed E-state index contributed by atoms with van der Waals surface area (Å²) >= 11 is 0. The Morgan fingerprint density at radius 3 is 2.06 bits per heavy atom. The molecule has 88 valence electrons. The third kappa shape index (κ3) is 4.65. The van der Waals surface area contributed by atoms with Gasteiger partial charge in [-0.05, 0) is 43.2 Å². The summed E-state index contributed by atoms with van der Waals surface area (Å²) in [6, 6.07) is 8.80. The first kappa shape index (κ1) is 13.0. The SMILES string of the molecule is C=CCCCC.c1ccc2c(c1)CCCC2. The van der Waals surface area contributed by atoms with Crippen LogP contribution in [-0.4, -0.2) is 0 Å². The zero-order valence-corrected chi connectivity index (χ0v) is 10.5. The van der Waals surface area contributed by atoms with Gasteiger partial charge < -0.3 is 0 Å². The molecule has 0 saturated carbocycles. The third-order valence-corrected chi connectivity index (χ3v) is 3.02. The fourth-order valence-corrected chi connectivity index (χ4v) is 2.02. The molecule has 0 fully saturated rings. The summed E-state index contributed by atoms with van der Waals surface area (Å²) in [7, 11) is 0. The number of aryl methyl sites for hydroxylation is 2. The Kier molecular flexibility index (Phi) is 6.64. The van der Waals surface area contributed by atoms with E-state index < -0.39 is 0 Å². The molecule has 0 saturated heterocycles. The standard InChI is InChI=1S/C10H12.C6H12/c1-2-6-10-8-4-3-7-9(10)5-1;1-3-5-6-4-2/h1-2,5-6H,3-4,7-8H2;3H,1,4-6H2,2H3. The maximum absolute atomic E-state index is 3.60. The quantitative estimate of drug-likeness (QED) is 0.496. The first-order valence-corrected chi connectivity index (χ1v) is 6.56. The van der Waals surface area contributed by atoms with E-state index in [9.17, 15) is 0 Å². The molecule has 0 spiro atoms. The highest BCUT2D eigenvalue weighted by molar-refractivity contribution is 5.28. The molecule has 0 unspecified atom stereocenters. The molecule has 0 aromatic heterocycles. The number of benzene rings is 1. The van der Waals surface area contributed by atoms with E-state index >= 15 is 0 Å². The molecular formula is C16H24. The summed E-state index contributed by atoms with van der Waals surface area (Å²) in [5, 5.41) is 0. The van der Waals surface area contributed by atoms with Crippen LogP contribution in [0.15, 0.2) is 36.9 Å². The van der Waals surface area contributed by atoms with Crippen molar-refractivity contribution in [1.29, 1.82) is 0 Å². The van der Waals surface area contributed by atoms with E-state index in [0.29, 0.717) is 0 Å². The molecule has 16 heavy (non-hydrogen) atoms. The van der Waals surface area contributed by atoms with Crippen LogP contribution >= 0.6 is 0 Å². The first-order chi connectivity index (χ1) is 7.88. The fraction of sp³-hybridized carbons (Fsp3) is 0.500. The molecule has 1 aromatic carbocycles. The number of allylic oxidation sites excluding steroid dienone is 1. The zero-order valence-electron chi connectivity index (χ0n) is 10.5. The molecule has 0 N–H and O–H groups in total. The van der Waals surface area contributed by atoms with Crippen molar-refractivity contribution in [1.82, 2.24) is 0 Å². The van der Waals surface area contributed by atoms with Gasteiger partial charge in [0.15, 0.2) is 0 Å². The van der Waals surface area contributed by atoms with Gasteiger partial charge in [0.2, 0.25) is 0 Å². The van der Waals surface area contributed by atoms with E-state index in [-0.39, 0.29) is 0 Å². The first-order valence-electron chi connectivity index (χ1n) is 6.56. The van der Waals surface area contributed by atoms with Gasteiger partial charge in [0, 0.05) is 0 Å². The lowest BCUT2D eigenvalue weighted by Crippen LogP contribution is -2.00. The maximum atomic E-state index is 3.60. The minimum Gasteiger partial charge on any atom is -0.103 e. The molecule has 1 aliphatic rings. The predicted octanol–water partition coefficient (Wildman–Crippen LogP) is 4.93. The van der Waals surface area contributed by atoms with Crippen LogP contribution in [0.1, 0.15) is 50.2 Å². The minimum absolute atomic E-state index is 1.18. The van der Waals surface area contributed by atoms with Crippen LogP contribution in [0.3, 0.4) is 0 Å². The third-order valence-electron chi connectivity index (χ3n) is 3.02. The van der Waals surface area contributed by atoms with Gasteiger partial charge in [-0.25, -0.2) is 0 Å². The van der Waals surface area contributed by atoms with Gasteiger partial charge in [-0.3, -0.25) is 0 Å². The predicted molar refractivity (Wildman–Crippen MR) is 72.8 cm³/mol. The van der Waals surface area contributed by atoms with Crippen molar-refractivity contribution in [2.75, 3.05) is 0 Å². The molecule has 0 nitrogen and oxygen atoms in total. The van der Waals surface area contributed by atoms with E-state index in [0.717, 1.165) is 0 Å². The second-order valence-electron chi connectivity index (χ2n) is 4.41. The number of rotatable bonds is 3. The zero-order chi connectivity index (χ0) is 11.6. The largest absolute Gasteiger partial charge is 0.103 e. The number of unbranched alkanes of at least 4 members (excludes halogenated alkanes) is 2. The smallest absolute Gasteiger partial charge is 0.0276 e. The van der Waals surface area contributed by atoms with Crippen molar-refractivity contribution < 1.29 is 0 Å². The molecule has 0 bridgehead atoms. The average molecular weight is 216 g/mol. The summed E-state index contributed by atoms with van der Waals surface area (Å²) in [6.07, 6.45) is 11.1. The summed E-state index contributed by atoms with van der Waals surface area (Å²) in [6.45, 7) is 5.78. The van der Waals surface area contributed by atoms with Gasteiger partial charge >= 0.3 is 0 Å². The molecule has 0 heteroatoms. The summed E-state index contributed by atoms with van der Waals surface area (Å²) < 4.78 is 0. The lowest BCUT2D eigenvalue weighted by Gasteiger charge is -2.13. The van der Waals surface area contributed by atoms with E-state index in [1.165, 1.54) is 44.9 Å². The lowest BCUT2D eigenvalue weighted by atomic mass is 9.92. The van der Waals surface area contributed by atoms with Gasteiger partial charge in [0.05, 0.1) is 0 Å². The second kappa shape index (κ2) is 8.15. The number of hydrogen-bond acceptors (Lipinski definition) is 0. The molecule has 0 atom stereocenters. The van der Waals surface area contributed by atoms with Gasteiger partial charge in [0.25, 0.3) is 0 Å². The Morgan fingerprint density at radius 2 is 1.69 bits per heavy atom. The van der Waals surface area contributed by atoms with Gasteiger partial charge in [-0.2, -0.15) is 0 Å². The lowest BCUT2D eigenvalue weighted by molar-refractivity contribution is 0.685. The normalized spacial score (nSPS) is 13.3. The second-order valence-corrected chi connectivity index (χ2v) is 4.41. The highest BCUT2D eigenvalue weighted by Gasteiger charge is 2.05. The van der Waals surface area contributed by atoms with E-state index in [1.807, 2.05) is 6.08 Å². The Hall–Kier alpha value is -1.04. The van der Waals surface area contributed by atoms with Gasteiger partial charge in [0.1, 0.15) is 0 Å². The molecule has 0 heterocycles. The van der Waals surface area contributed by atoms with Crippen molar-refractivity contribution in [3.05, 3.63) is 48.0 Å². The van der Waals surface area contributed by atoms with E-state index in [4.69, 9.17) is 0 Å². The van der Waals surface area contributed by atoms with Crippen molar-refractivity contribution >= 4 is 0 Å². The van der Waals surface area contributed by atoms with Crippen LogP contribution in [0.4, 0.5) is 0 Å². The molecule has 0 radical (unpaired) electrons. The Labute approximate surface area is 100 Å². The highest BCUT2D eigenvalue weighted by atomic mass is 14.1. The number of hydrogen-bond donors (Lipinski definition) is 0. The summed E-state index contributed by atoms with van der Waals surface area (Å²) in [5.74, 6) is 0. The molecule has 0 amide bonds. The van der Waals surface area contributed by atoms with Crippen LogP contribution in [0, 0.1) is 0 Å². The summed E-state index contributed by atoms with van der Waals surface area (Å²) in [5.41, 5.74) is 3.16. The minimum atomic E-state index is 1.18. The van der Waals surface area contributed by atoms with Gasteiger partial charge in [-0.1, -0.05) is 50.1 Å². The maximum Gasteiger partial charge on any atom is -0.0276 e. The topological polar surface area (TPSA) is 0 Å². The molecule has 2 rings (SSSR count). The van der Waals surface area contributed by atoms with Crippen LogP contribution in [-0.2, 0) is 12.8 Å². The monoisotopic (exact) mass is 216 g/mol. The van der Waals surface area contributed by atoms with Crippen LogP contribution in [0.5, 0.6) is 0 Å². The van der Waals surface area contributed by atoms with Crippen LogP contribution < -0.4 is 0 Å². The Morgan fingerprint density at radius 1 is 1.12 bits per heavy atom. The Bertz CT molecular complexity index is 274. The molecule has 1 aromatic rings. The van der Waals surface area contributed by atoms with E-state index in [1.54, 1.807) is 11.1 Å². The molecule has 0 aliphatic heterocycles. The average Bonchev–Trinajstić information content (AvgIpc) is 2.37. The number of fused-ring (bicyclic) bond motifs is 1. The fourth-order valence-electron chi connectivity index (χ4n) is 2.02.